The van der Waals surface area contributed by atoms with Crippen LogP contribution in [0.25, 0.3) is 0 Å². The van der Waals surface area contributed by atoms with Crippen LogP contribution < -0.4 is 0 Å². The van der Waals surface area contributed by atoms with Crippen LogP contribution >= 0.6 is 12.6 Å². The molecule has 0 bridgehead atoms. The second-order valence-corrected chi connectivity index (χ2v) is 2.87. The molecule has 0 aromatic rings. The number of hydrogen-bond acceptors (Lipinski definition) is 5. The lowest BCUT2D eigenvalue weighted by molar-refractivity contribution is -0.0125. The van der Waals surface area contributed by atoms with Gasteiger partial charge < -0.3 is 14.9 Å². The summed E-state index contributed by atoms with van der Waals surface area (Å²) in [5.41, 5.74) is 0. The van der Waals surface area contributed by atoms with Gasteiger partial charge in [-0.1, -0.05) is 0 Å². The third-order valence-corrected chi connectivity index (χ3v) is 2.18. The Morgan fingerprint density at radius 2 is 1.91 bits per heavy atom. The lowest BCUT2D eigenvalue weighted by Crippen LogP contribution is -2.43. The fourth-order valence-corrected chi connectivity index (χ4v) is 1.22. The minimum Gasteiger partial charge on any atom is -0.379 e. The molecule has 4 nitrogen and oxygen atoms in total. The number of nitrogens with zero attached hydrogens (tertiary/aromatic N) is 1. The van der Waals surface area contributed by atoms with Gasteiger partial charge in [0.1, 0.15) is 5.37 Å². The number of ether oxygens (including phenoxy) is 1. The Hall–Kier alpha value is 0.190. The normalized spacial score (nSPS) is 24.0. The van der Waals surface area contributed by atoms with E-state index in [2.05, 4.69) is 12.6 Å². The largest absolute Gasteiger partial charge is 0.379 e. The van der Waals surface area contributed by atoms with Crippen molar-refractivity contribution in [3.05, 3.63) is 6.29 Å². The van der Waals surface area contributed by atoms with Crippen LogP contribution in [0, 0.1) is 6.29 Å². The average Bonchev–Trinajstić information content (AvgIpc) is 2.05. The molecule has 1 aliphatic heterocycles. The van der Waals surface area contributed by atoms with E-state index in [-0.39, 0.29) is 0 Å². The number of aliphatic hydroxyl groups is 2. The molecule has 5 heteroatoms. The van der Waals surface area contributed by atoms with Crippen LogP contribution in [0.2, 0.25) is 0 Å². The maximum absolute atomic E-state index is 8.69. The summed E-state index contributed by atoms with van der Waals surface area (Å²) < 4.78 is 5.08. The summed E-state index contributed by atoms with van der Waals surface area (Å²) in [6.07, 6.45) is -0.643. The lowest BCUT2D eigenvalue weighted by atomic mass is 10.4. The summed E-state index contributed by atoms with van der Waals surface area (Å²) >= 11 is 4.00. The molecule has 1 heterocycles. The Labute approximate surface area is 71.2 Å². The Morgan fingerprint density at radius 1 is 1.36 bits per heavy atom. The molecule has 1 rings (SSSR count). The van der Waals surface area contributed by atoms with Gasteiger partial charge in [0.05, 0.1) is 13.2 Å². The number of morpholine rings is 1. The highest BCUT2D eigenvalue weighted by atomic mass is 32.1. The van der Waals surface area contributed by atoms with E-state index < -0.39 is 11.7 Å². The average molecular weight is 178 g/mol. The molecule has 0 spiro atoms. The van der Waals surface area contributed by atoms with Gasteiger partial charge >= 0.3 is 0 Å². The van der Waals surface area contributed by atoms with Crippen LogP contribution in [0.5, 0.6) is 0 Å². The van der Waals surface area contributed by atoms with E-state index in [1.165, 1.54) is 0 Å². The maximum Gasteiger partial charge on any atom is 0.246 e. The van der Waals surface area contributed by atoms with Gasteiger partial charge in [-0.3, -0.25) is 4.90 Å². The monoisotopic (exact) mass is 178 g/mol. The summed E-state index contributed by atoms with van der Waals surface area (Å²) in [5, 5.41) is 16.8. The second kappa shape index (κ2) is 4.27. The van der Waals surface area contributed by atoms with Crippen LogP contribution in [-0.2, 0) is 4.74 Å². The van der Waals surface area contributed by atoms with Gasteiger partial charge in [-0.05, 0) is 0 Å². The van der Waals surface area contributed by atoms with Crippen LogP contribution in [-0.4, -0.2) is 46.8 Å². The number of hydrogen-bond donors (Lipinski definition) is 3. The van der Waals surface area contributed by atoms with E-state index >= 15 is 0 Å². The summed E-state index contributed by atoms with van der Waals surface area (Å²) in [5.74, 6) is 0. The number of aliphatic hydroxyl groups excluding tert-OH is 1. The second-order valence-electron chi connectivity index (χ2n) is 2.38. The molecule has 1 unspecified atom stereocenters. The maximum atomic E-state index is 8.69. The molecule has 0 saturated carbocycles. The molecule has 11 heavy (non-hydrogen) atoms. The van der Waals surface area contributed by atoms with Gasteiger partial charge in [-0.25, -0.2) is 0 Å². The van der Waals surface area contributed by atoms with Crippen molar-refractivity contribution in [1.82, 2.24) is 4.90 Å². The molecule has 65 valence electrons. The van der Waals surface area contributed by atoms with E-state index in [0.29, 0.717) is 26.3 Å². The SMILES string of the molecule is O[C](O)C(S)N1CCOCC1. The fraction of sp³-hybridized carbons (Fsp3) is 0.833. The van der Waals surface area contributed by atoms with E-state index in [9.17, 15) is 0 Å². The summed E-state index contributed by atoms with van der Waals surface area (Å²) in [4.78, 5) is 1.84. The Kier molecular flexibility index (Phi) is 3.61. The van der Waals surface area contributed by atoms with Gasteiger partial charge in [0, 0.05) is 13.1 Å². The Balaban J connectivity index is 2.32. The quantitative estimate of drug-likeness (QED) is 0.513. The molecule has 1 aliphatic rings. The topological polar surface area (TPSA) is 52.9 Å². The molecule has 0 aromatic carbocycles. The fourth-order valence-electron chi connectivity index (χ4n) is 0.985. The van der Waals surface area contributed by atoms with E-state index in [1.54, 1.807) is 0 Å². The first kappa shape index (κ1) is 9.28. The van der Waals surface area contributed by atoms with E-state index in [1.807, 2.05) is 4.90 Å². The minimum absolute atomic E-state index is 0.570. The smallest absolute Gasteiger partial charge is 0.246 e. The molecule has 2 N–H and O–H groups in total. The predicted octanol–water partition coefficient (Wildman–Crippen LogP) is -0.191. The van der Waals surface area contributed by atoms with Crippen molar-refractivity contribution in [1.29, 1.82) is 0 Å². The Morgan fingerprint density at radius 3 is 2.36 bits per heavy atom. The predicted molar refractivity (Wildman–Crippen MR) is 42.3 cm³/mol. The molecule has 0 aromatic heterocycles. The summed E-state index contributed by atoms with van der Waals surface area (Å²) in [6.45, 7) is 2.65. The zero-order valence-electron chi connectivity index (χ0n) is 6.10. The highest BCUT2D eigenvalue weighted by molar-refractivity contribution is 7.81. The molecule has 1 atom stereocenters. The van der Waals surface area contributed by atoms with E-state index in [0.717, 1.165) is 0 Å². The number of rotatable bonds is 2. The van der Waals surface area contributed by atoms with Crippen LogP contribution in [0.4, 0.5) is 0 Å². The zero-order valence-corrected chi connectivity index (χ0v) is 7.00. The van der Waals surface area contributed by atoms with Crippen molar-refractivity contribution in [3.63, 3.8) is 0 Å². The molecular weight excluding hydrogens is 166 g/mol. The third-order valence-electron chi connectivity index (χ3n) is 1.62. The van der Waals surface area contributed by atoms with Gasteiger partial charge in [0.2, 0.25) is 6.29 Å². The van der Waals surface area contributed by atoms with Crippen LogP contribution in [0.1, 0.15) is 0 Å². The van der Waals surface area contributed by atoms with Gasteiger partial charge in [-0.15, -0.1) is 0 Å². The van der Waals surface area contributed by atoms with Gasteiger partial charge in [0.15, 0.2) is 0 Å². The minimum atomic E-state index is -0.643. The number of thiol groups is 1. The lowest BCUT2D eigenvalue weighted by Gasteiger charge is -2.31. The first-order valence-corrected chi connectivity index (χ1v) is 3.98. The first-order valence-electron chi connectivity index (χ1n) is 3.46. The van der Waals surface area contributed by atoms with Crippen LogP contribution in [0.15, 0.2) is 0 Å². The summed E-state index contributed by atoms with van der Waals surface area (Å²) in [7, 11) is 0. The van der Waals surface area contributed by atoms with Crippen molar-refractivity contribution >= 4 is 12.6 Å². The van der Waals surface area contributed by atoms with Crippen molar-refractivity contribution in [2.24, 2.45) is 0 Å². The highest BCUT2D eigenvalue weighted by Crippen LogP contribution is 2.13. The third kappa shape index (κ3) is 2.61. The standard InChI is InChI=1S/C6H12NO3S/c8-6(9)5(11)7-1-3-10-4-2-7/h5,8-9,11H,1-4H2. The van der Waals surface area contributed by atoms with Gasteiger partial charge in [-0.2, -0.15) is 12.6 Å². The van der Waals surface area contributed by atoms with Crippen molar-refractivity contribution < 1.29 is 14.9 Å². The highest BCUT2D eigenvalue weighted by Gasteiger charge is 2.23. The summed E-state index contributed by atoms with van der Waals surface area (Å²) in [6, 6.07) is 0. The van der Waals surface area contributed by atoms with Crippen LogP contribution in [0.3, 0.4) is 0 Å². The molecule has 1 fully saturated rings. The van der Waals surface area contributed by atoms with E-state index in [4.69, 9.17) is 14.9 Å². The van der Waals surface area contributed by atoms with Crippen molar-refractivity contribution in [2.45, 2.75) is 5.37 Å². The van der Waals surface area contributed by atoms with Gasteiger partial charge in [0.25, 0.3) is 0 Å². The molecular formula is C6H12NO3S. The molecule has 0 aliphatic carbocycles. The van der Waals surface area contributed by atoms with Crippen molar-refractivity contribution in [2.75, 3.05) is 26.3 Å². The Bertz CT molecular complexity index is 116. The molecule has 0 amide bonds. The first-order chi connectivity index (χ1) is 5.22. The van der Waals surface area contributed by atoms with Crippen molar-refractivity contribution in [3.8, 4) is 0 Å². The molecule has 1 radical (unpaired) electrons. The zero-order chi connectivity index (χ0) is 8.27. The molecule has 1 saturated heterocycles.